The van der Waals surface area contributed by atoms with Gasteiger partial charge >= 0.3 is 0 Å². The number of ketones is 1. The third-order valence-electron chi connectivity index (χ3n) is 2.38. The molecule has 1 saturated heterocycles. The molecule has 1 unspecified atom stereocenters. The molecule has 0 aromatic rings. The van der Waals surface area contributed by atoms with Crippen LogP contribution in [0.1, 0.15) is 19.8 Å². The van der Waals surface area contributed by atoms with E-state index in [2.05, 4.69) is 0 Å². The van der Waals surface area contributed by atoms with E-state index in [1.54, 1.807) is 14.0 Å². The van der Waals surface area contributed by atoms with Crippen LogP contribution in [0.2, 0.25) is 0 Å². The first-order valence-electron chi connectivity index (χ1n) is 4.40. The largest absolute Gasteiger partial charge is 0.381 e. The Bertz CT molecular complexity index is 150. The summed E-state index contributed by atoms with van der Waals surface area (Å²) in [6, 6.07) is 0. The minimum Gasteiger partial charge on any atom is -0.381 e. The molecule has 0 spiro atoms. The minimum atomic E-state index is -0.256. The number of carbonyl (C=O) groups excluding carboxylic acids is 1. The number of rotatable bonds is 3. The monoisotopic (exact) mass is 172 g/mol. The highest BCUT2D eigenvalue weighted by molar-refractivity contribution is 5.85. The minimum absolute atomic E-state index is 0.161. The molecule has 0 aliphatic carbocycles. The van der Waals surface area contributed by atoms with E-state index in [0.717, 1.165) is 12.8 Å². The summed E-state index contributed by atoms with van der Waals surface area (Å²) in [4.78, 5) is 11.5. The lowest BCUT2D eigenvalue weighted by atomic mass is 9.93. The summed E-state index contributed by atoms with van der Waals surface area (Å²) >= 11 is 0. The molecule has 1 fully saturated rings. The van der Waals surface area contributed by atoms with E-state index >= 15 is 0 Å². The van der Waals surface area contributed by atoms with Crippen molar-refractivity contribution in [1.29, 1.82) is 0 Å². The Morgan fingerprint density at radius 1 is 1.50 bits per heavy atom. The topological polar surface area (TPSA) is 35.5 Å². The van der Waals surface area contributed by atoms with Crippen LogP contribution in [0.15, 0.2) is 0 Å². The number of hydrogen-bond acceptors (Lipinski definition) is 3. The lowest BCUT2D eigenvalue weighted by Crippen LogP contribution is -2.31. The van der Waals surface area contributed by atoms with Crippen LogP contribution < -0.4 is 0 Å². The van der Waals surface area contributed by atoms with Crippen molar-refractivity contribution in [3.8, 4) is 0 Å². The number of carbonyl (C=O) groups is 1. The summed E-state index contributed by atoms with van der Waals surface area (Å²) in [5.41, 5.74) is 0. The molecule has 0 saturated carbocycles. The smallest absolute Gasteiger partial charge is 0.164 e. The quantitative estimate of drug-likeness (QED) is 0.637. The van der Waals surface area contributed by atoms with Gasteiger partial charge < -0.3 is 9.47 Å². The Morgan fingerprint density at radius 3 is 2.58 bits per heavy atom. The summed E-state index contributed by atoms with van der Waals surface area (Å²) in [5.74, 6) is 0.384. The van der Waals surface area contributed by atoms with Crippen LogP contribution in [0.5, 0.6) is 0 Å². The van der Waals surface area contributed by atoms with Crippen molar-refractivity contribution in [2.24, 2.45) is 5.92 Å². The van der Waals surface area contributed by atoms with Gasteiger partial charge in [-0.1, -0.05) is 0 Å². The lowest BCUT2D eigenvalue weighted by Gasteiger charge is -2.22. The molecule has 0 amide bonds. The van der Waals surface area contributed by atoms with E-state index in [4.69, 9.17) is 9.47 Å². The highest BCUT2D eigenvalue weighted by Gasteiger charge is 2.25. The Kier molecular flexibility index (Phi) is 3.69. The number of Topliss-reactive ketones (excluding diaryl/α,β-unsaturated/α-hetero) is 1. The molecular formula is C9H16O3. The van der Waals surface area contributed by atoms with E-state index in [-0.39, 0.29) is 17.8 Å². The van der Waals surface area contributed by atoms with Crippen molar-refractivity contribution >= 4 is 5.78 Å². The highest BCUT2D eigenvalue weighted by atomic mass is 16.5. The van der Waals surface area contributed by atoms with Gasteiger partial charge in [0, 0.05) is 26.2 Å². The Morgan fingerprint density at radius 2 is 2.08 bits per heavy atom. The van der Waals surface area contributed by atoms with Gasteiger partial charge in [0.05, 0.1) is 0 Å². The van der Waals surface area contributed by atoms with Crippen LogP contribution in [0.25, 0.3) is 0 Å². The predicted molar refractivity (Wildman–Crippen MR) is 45.0 cm³/mol. The molecule has 1 aliphatic rings. The Balaban J connectivity index is 2.39. The second-order valence-corrected chi connectivity index (χ2v) is 3.17. The number of hydrogen-bond donors (Lipinski definition) is 0. The van der Waals surface area contributed by atoms with Crippen LogP contribution in [0.3, 0.4) is 0 Å². The fourth-order valence-electron chi connectivity index (χ4n) is 1.43. The molecule has 1 atom stereocenters. The predicted octanol–water partition coefficient (Wildman–Crippen LogP) is 1.02. The van der Waals surface area contributed by atoms with Gasteiger partial charge in [0.25, 0.3) is 0 Å². The summed E-state index contributed by atoms with van der Waals surface area (Å²) in [7, 11) is 1.57. The third kappa shape index (κ3) is 2.29. The van der Waals surface area contributed by atoms with Crippen LogP contribution in [-0.4, -0.2) is 32.2 Å². The SMILES string of the molecule is COC(C)C(=O)C1CCOCC1. The number of methoxy groups -OCH3 is 1. The van der Waals surface area contributed by atoms with Gasteiger partial charge in [-0.15, -0.1) is 0 Å². The standard InChI is InChI=1S/C9H16O3/c1-7(11-2)9(10)8-3-5-12-6-4-8/h7-8H,3-6H2,1-2H3. The molecule has 3 nitrogen and oxygen atoms in total. The van der Waals surface area contributed by atoms with Crippen LogP contribution in [0, 0.1) is 5.92 Å². The van der Waals surface area contributed by atoms with E-state index in [9.17, 15) is 4.79 Å². The molecule has 3 heteroatoms. The summed E-state index contributed by atoms with van der Waals surface area (Å²) in [6.07, 6.45) is 1.45. The van der Waals surface area contributed by atoms with Gasteiger partial charge in [0.1, 0.15) is 6.10 Å². The molecule has 1 aliphatic heterocycles. The van der Waals surface area contributed by atoms with Gasteiger partial charge in [-0.05, 0) is 19.8 Å². The van der Waals surface area contributed by atoms with Crippen molar-refractivity contribution in [2.45, 2.75) is 25.9 Å². The maximum absolute atomic E-state index is 11.5. The number of ether oxygens (including phenoxy) is 2. The first-order valence-corrected chi connectivity index (χ1v) is 4.40. The molecule has 1 heterocycles. The van der Waals surface area contributed by atoms with E-state index in [0.29, 0.717) is 13.2 Å². The maximum Gasteiger partial charge on any atom is 0.164 e. The van der Waals surface area contributed by atoms with E-state index < -0.39 is 0 Å². The zero-order valence-corrected chi connectivity index (χ0v) is 7.71. The van der Waals surface area contributed by atoms with E-state index in [1.807, 2.05) is 0 Å². The molecule has 0 bridgehead atoms. The maximum atomic E-state index is 11.5. The average molecular weight is 172 g/mol. The summed E-state index contributed by atoms with van der Waals surface area (Å²) in [5, 5.41) is 0. The fourth-order valence-corrected chi connectivity index (χ4v) is 1.43. The first-order chi connectivity index (χ1) is 5.75. The molecular weight excluding hydrogens is 156 g/mol. The first kappa shape index (κ1) is 9.68. The zero-order valence-electron chi connectivity index (χ0n) is 7.71. The van der Waals surface area contributed by atoms with E-state index in [1.165, 1.54) is 0 Å². The average Bonchev–Trinajstić information content (AvgIpc) is 2.17. The normalized spacial score (nSPS) is 22.2. The molecule has 0 aromatic carbocycles. The summed E-state index contributed by atoms with van der Waals surface area (Å²) < 4.78 is 10.1. The molecule has 1 rings (SSSR count). The zero-order chi connectivity index (χ0) is 8.97. The van der Waals surface area contributed by atoms with Crippen molar-refractivity contribution in [1.82, 2.24) is 0 Å². The van der Waals surface area contributed by atoms with Crippen molar-refractivity contribution in [3.05, 3.63) is 0 Å². The molecule has 12 heavy (non-hydrogen) atoms. The van der Waals surface area contributed by atoms with Gasteiger partial charge in [0.15, 0.2) is 5.78 Å². The second-order valence-electron chi connectivity index (χ2n) is 3.17. The van der Waals surface area contributed by atoms with Crippen molar-refractivity contribution in [2.75, 3.05) is 20.3 Å². The Hall–Kier alpha value is -0.410. The second kappa shape index (κ2) is 4.58. The Labute approximate surface area is 73.0 Å². The molecule has 0 aromatic heterocycles. The summed E-state index contributed by atoms with van der Waals surface area (Å²) in [6.45, 7) is 3.23. The fraction of sp³-hybridized carbons (Fsp3) is 0.889. The lowest BCUT2D eigenvalue weighted by molar-refractivity contribution is -0.134. The van der Waals surface area contributed by atoms with Crippen LogP contribution in [0.4, 0.5) is 0 Å². The molecule has 0 radical (unpaired) electrons. The highest BCUT2D eigenvalue weighted by Crippen LogP contribution is 2.17. The molecule has 70 valence electrons. The van der Waals surface area contributed by atoms with Gasteiger partial charge in [-0.25, -0.2) is 0 Å². The van der Waals surface area contributed by atoms with Crippen molar-refractivity contribution < 1.29 is 14.3 Å². The van der Waals surface area contributed by atoms with Crippen LogP contribution in [-0.2, 0) is 14.3 Å². The molecule has 0 N–H and O–H groups in total. The van der Waals surface area contributed by atoms with Crippen LogP contribution >= 0.6 is 0 Å². The third-order valence-corrected chi connectivity index (χ3v) is 2.38. The van der Waals surface area contributed by atoms with Crippen molar-refractivity contribution in [3.63, 3.8) is 0 Å². The van der Waals surface area contributed by atoms with Gasteiger partial charge in [-0.3, -0.25) is 4.79 Å². The van der Waals surface area contributed by atoms with Gasteiger partial charge in [0.2, 0.25) is 0 Å². The van der Waals surface area contributed by atoms with Gasteiger partial charge in [-0.2, -0.15) is 0 Å².